The van der Waals surface area contributed by atoms with Crippen molar-refractivity contribution in [3.05, 3.63) is 59.1 Å². The fourth-order valence-corrected chi connectivity index (χ4v) is 2.46. The maximum absolute atomic E-state index is 12.0. The van der Waals surface area contributed by atoms with E-state index in [-0.39, 0.29) is 25.7 Å². The van der Waals surface area contributed by atoms with Crippen molar-refractivity contribution in [3.8, 4) is 5.75 Å². The van der Waals surface area contributed by atoms with Gasteiger partial charge in [0.05, 0.1) is 12.3 Å². The number of nitrogens with zero attached hydrogens (tertiary/aromatic N) is 1. The van der Waals surface area contributed by atoms with Crippen molar-refractivity contribution in [1.82, 2.24) is 5.48 Å². The molecule has 0 aromatic heterocycles. The van der Waals surface area contributed by atoms with Crippen molar-refractivity contribution in [1.29, 1.82) is 0 Å². The molecule has 0 radical (unpaired) electrons. The van der Waals surface area contributed by atoms with Gasteiger partial charge in [0.1, 0.15) is 12.3 Å². The van der Waals surface area contributed by atoms with Crippen molar-refractivity contribution in [2.24, 2.45) is 0 Å². The van der Waals surface area contributed by atoms with Gasteiger partial charge >= 0.3 is 0 Å². The molecule has 0 fully saturated rings. The fraction of sp³-hybridized carbons (Fsp3) is 0.176. The van der Waals surface area contributed by atoms with Crippen LogP contribution in [0.25, 0.3) is 0 Å². The van der Waals surface area contributed by atoms with Gasteiger partial charge in [0, 0.05) is 5.02 Å². The first kappa shape index (κ1) is 16.3. The summed E-state index contributed by atoms with van der Waals surface area (Å²) in [5.74, 6) is -0.243. The monoisotopic (exact) mass is 346 g/mol. The molecule has 124 valence electrons. The normalized spacial score (nSPS) is 13.2. The number of rotatable bonds is 5. The van der Waals surface area contributed by atoms with Gasteiger partial charge in [-0.15, -0.1) is 0 Å². The second-order valence-electron chi connectivity index (χ2n) is 5.18. The minimum atomic E-state index is -0.438. The number of hydroxylamine groups is 1. The third-order valence-electron chi connectivity index (χ3n) is 3.43. The van der Waals surface area contributed by atoms with Crippen molar-refractivity contribution in [3.63, 3.8) is 0 Å². The maximum atomic E-state index is 12.0. The van der Waals surface area contributed by atoms with Gasteiger partial charge in [0.25, 0.3) is 11.8 Å². The van der Waals surface area contributed by atoms with Crippen LogP contribution in [0.3, 0.4) is 0 Å². The lowest BCUT2D eigenvalue weighted by Gasteiger charge is -2.28. The third-order valence-corrected chi connectivity index (χ3v) is 3.67. The van der Waals surface area contributed by atoms with E-state index in [1.54, 1.807) is 18.2 Å². The highest BCUT2D eigenvalue weighted by Gasteiger charge is 2.27. The standard InChI is InChI=1S/C17H15ClN2O4/c18-13-6-7-15-14(8-13)20(17(22)11-23-15)9-16(21)19-24-10-12-4-2-1-3-5-12/h1-8H,9-11H2,(H,19,21). The largest absolute Gasteiger partial charge is 0.482 e. The van der Waals surface area contributed by atoms with Gasteiger partial charge in [-0.25, -0.2) is 5.48 Å². The molecule has 1 heterocycles. The number of halogens is 1. The van der Waals surface area contributed by atoms with Crippen LogP contribution in [0, 0.1) is 0 Å². The Morgan fingerprint density at radius 3 is 2.83 bits per heavy atom. The van der Waals surface area contributed by atoms with Crippen LogP contribution in [0.1, 0.15) is 5.56 Å². The van der Waals surface area contributed by atoms with E-state index in [1.165, 1.54) is 4.90 Å². The molecule has 0 unspecified atom stereocenters. The summed E-state index contributed by atoms with van der Waals surface area (Å²) in [4.78, 5) is 30.6. The van der Waals surface area contributed by atoms with Crippen LogP contribution < -0.4 is 15.1 Å². The quantitative estimate of drug-likeness (QED) is 0.844. The molecular weight excluding hydrogens is 332 g/mol. The maximum Gasteiger partial charge on any atom is 0.265 e. The molecule has 1 aliphatic rings. The molecule has 24 heavy (non-hydrogen) atoms. The van der Waals surface area contributed by atoms with E-state index >= 15 is 0 Å². The van der Waals surface area contributed by atoms with E-state index in [2.05, 4.69) is 5.48 Å². The molecule has 0 aliphatic carbocycles. The second-order valence-corrected chi connectivity index (χ2v) is 5.62. The Morgan fingerprint density at radius 1 is 1.25 bits per heavy atom. The number of hydrogen-bond donors (Lipinski definition) is 1. The first-order valence-electron chi connectivity index (χ1n) is 7.31. The third kappa shape index (κ3) is 3.84. The molecule has 0 saturated carbocycles. The molecule has 7 heteroatoms. The predicted octanol–water partition coefficient (Wildman–Crippen LogP) is 2.31. The highest BCUT2D eigenvalue weighted by Crippen LogP contribution is 2.34. The lowest BCUT2D eigenvalue weighted by molar-refractivity contribution is -0.134. The Kier molecular flexibility index (Phi) is 4.98. The first-order valence-corrected chi connectivity index (χ1v) is 7.68. The number of amides is 2. The summed E-state index contributed by atoms with van der Waals surface area (Å²) in [7, 11) is 0. The van der Waals surface area contributed by atoms with Crippen molar-refractivity contribution >= 4 is 29.1 Å². The summed E-state index contributed by atoms with van der Waals surface area (Å²) in [5.41, 5.74) is 3.74. The van der Waals surface area contributed by atoms with E-state index in [0.717, 1.165) is 5.56 Å². The van der Waals surface area contributed by atoms with E-state index < -0.39 is 5.91 Å². The molecule has 3 rings (SSSR count). The van der Waals surface area contributed by atoms with Crippen LogP contribution in [-0.4, -0.2) is 25.0 Å². The molecule has 0 bridgehead atoms. The zero-order chi connectivity index (χ0) is 16.9. The van der Waals surface area contributed by atoms with Crippen LogP contribution in [0.5, 0.6) is 5.75 Å². The number of fused-ring (bicyclic) bond motifs is 1. The molecule has 0 spiro atoms. The smallest absolute Gasteiger partial charge is 0.265 e. The zero-order valence-electron chi connectivity index (χ0n) is 12.7. The van der Waals surface area contributed by atoms with Crippen LogP contribution in [0.2, 0.25) is 5.02 Å². The topological polar surface area (TPSA) is 67.9 Å². The summed E-state index contributed by atoms with van der Waals surface area (Å²) < 4.78 is 5.33. The summed E-state index contributed by atoms with van der Waals surface area (Å²) >= 11 is 5.96. The number of carbonyl (C=O) groups excluding carboxylic acids is 2. The van der Waals surface area contributed by atoms with Gasteiger partial charge in [0.2, 0.25) is 0 Å². The average molecular weight is 347 g/mol. The Morgan fingerprint density at radius 2 is 2.04 bits per heavy atom. The molecule has 1 aliphatic heterocycles. The minimum Gasteiger partial charge on any atom is -0.482 e. The van der Waals surface area contributed by atoms with Crippen molar-refractivity contribution in [2.45, 2.75) is 6.61 Å². The highest BCUT2D eigenvalue weighted by atomic mass is 35.5. The lowest BCUT2D eigenvalue weighted by atomic mass is 10.2. The second kappa shape index (κ2) is 7.33. The average Bonchev–Trinajstić information content (AvgIpc) is 2.58. The Hall–Kier alpha value is -2.57. The summed E-state index contributed by atoms with van der Waals surface area (Å²) in [6.07, 6.45) is 0. The fourth-order valence-electron chi connectivity index (χ4n) is 2.30. The van der Waals surface area contributed by atoms with Gasteiger partial charge in [-0.05, 0) is 23.8 Å². The molecular formula is C17H15ClN2O4. The summed E-state index contributed by atoms with van der Waals surface area (Å²) in [5, 5.41) is 0.456. The Balaban J connectivity index is 1.60. The summed E-state index contributed by atoms with van der Waals surface area (Å²) in [6.45, 7) is -0.0524. The Bertz CT molecular complexity index is 752. The zero-order valence-corrected chi connectivity index (χ0v) is 13.5. The summed E-state index contributed by atoms with van der Waals surface area (Å²) in [6, 6.07) is 14.4. The van der Waals surface area contributed by atoms with Crippen LogP contribution in [0.15, 0.2) is 48.5 Å². The van der Waals surface area contributed by atoms with Gasteiger partial charge in [-0.3, -0.25) is 19.3 Å². The van der Waals surface area contributed by atoms with Gasteiger partial charge in [-0.1, -0.05) is 41.9 Å². The van der Waals surface area contributed by atoms with Gasteiger partial charge in [-0.2, -0.15) is 0 Å². The molecule has 0 atom stereocenters. The van der Waals surface area contributed by atoms with Crippen molar-refractivity contribution in [2.75, 3.05) is 18.1 Å². The van der Waals surface area contributed by atoms with Gasteiger partial charge < -0.3 is 4.74 Å². The number of hydrogen-bond acceptors (Lipinski definition) is 4. The molecule has 2 aromatic carbocycles. The number of ether oxygens (including phenoxy) is 1. The number of nitrogens with one attached hydrogen (secondary N) is 1. The van der Waals surface area contributed by atoms with Crippen LogP contribution in [0.4, 0.5) is 5.69 Å². The highest BCUT2D eigenvalue weighted by molar-refractivity contribution is 6.31. The number of anilines is 1. The van der Waals surface area contributed by atoms with Crippen molar-refractivity contribution < 1.29 is 19.2 Å². The Labute approximate surface area is 143 Å². The molecule has 2 amide bonds. The number of carbonyl (C=O) groups is 2. The van der Waals surface area contributed by atoms with E-state index in [1.807, 2.05) is 30.3 Å². The molecule has 2 aromatic rings. The minimum absolute atomic E-state index is 0.118. The molecule has 1 N–H and O–H groups in total. The number of benzene rings is 2. The van der Waals surface area contributed by atoms with E-state index in [9.17, 15) is 9.59 Å². The SMILES string of the molecule is O=C(CN1C(=O)COc2ccc(Cl)cc21)NOCc1ccccc1. The van der Waals surface area contributed by atoms with Gasteiger partial charge in [0.15, 0.2) is 6.61 Å². The first-order chi connectivity index (χ1) is 11.6. The lowest BCUT2D eigenvalue weighted by Crippen LogP contribution is -2.45. The van der Waals surface area contributed by atoms with E-state index in [4.69, 9.17) is 21.2 Å². The van der Waals surface area contributed by atoms with E-state index in [0.29, 0.717) is 16.5 Å². The molecule has 0 saturated heterocycles. The van der Waals surface area contributed by atoms with Crippen LogP contribution >= 0.6 is 11.6 Å². The molecule has 6 nitrogen and oxygen atoms in total. The predicted molar refractivity (Wildman–Crippen MR) is 88.7 cm³/mol. The van der Waals surface area contributed by atoms with Crippen LogP contribution in [-0.2, 0) is 21.0 Å².